The van der Waals surface area contributed by atoms with E-state index in [1.807, 2.05) is 44.3 Å². The summed E-state index contributed by atoms with van der Waals surface area (Å²) in [4.78, 5) is 40.8. The van der Waals surface area contributed by atoms with Gasteiger partial charge in [0.05, 0.1) is 18.4 Å². The lowest BCUT2D eigenvalue weighted by Crippen LogP contribution is -2.43. The average molecular weight is 421 g/mol. The number of para-hydroxylation sites is 2. The van der Waals surface area contributed by atoms with Crippen molar-refractivity contribution in [3.63, 3.8) is 0 Å². The predicted octanol–water partition coefficient (Wildman–Crippen LogP) is 3.67. The number of ether oxygens (including phenoxy) is 1. The number of carbonyl (C=O) groups excluding carboxylic acids is 3. The third-order valence-electron chi connectivity index (χ3n) is 4.93. The van der Waals surface area contributed by atoms with Gasteiger partial charge in [0.25, 0.3) is 5.91 Å². The molecule has 2 aromatic carbocycles. The first-order valence-corrected chi connectivity index (χ1v) is 10.2. The van der Waals surface area contributed by atoms with Gasteiger partial charge in [-0.2, -0.15) is 0 Å². The van der Waals surface area contributed by atoms with Crippen LogP contribution < -0.4 is 10.6 Å². The van der Waals surface area contributed by atoms with Crippen LogP contribution >= 0.6 is 0 Å². The van der Waals surface area contributed by atoms with Crippen LogP contribution in [0, 0.1) is 5.92 Å². The molecule has 1 atom stereocenters. The van der Waals surface area contributed by atoms with Gasteiger partial charge in [-0.3, -0.25) is 9.59 Å². The number of aromatic nitrogens is 1. The fourth-order valence-corrected chi connectivity index (χ4v) is 3.45. The number of H-pyrrole nitrogens is 1. The van der Waals surface area contributed by atoms with Gasteiger partial charge in [-0.05, 0) is 29.7 Å². The molecule has 3 rings (SSSR count). The van der Waals surface area contributed by atoms with Crippen LogP contribution in [0.25, 0.3) is 10.9 Å². The van der Waals surface area contributed by atoms with E-state index in [0.717, 1.165) is 16.5 Å². The van der Waals surface area contributed by atoms with E-state index < -0.39 is 17.9 Å². The minimum Gasteiger partial charge on any atom is -0.467 e. The largest absolute Gasteiger partial charge is 0.467 e. The van der Waals surface area contributed by atoms with E-state index in [4.69, 9.17) is 4.74 Å². The molecule has 3 N–H and O–H groups in total. The maximum absolute atomic E-state index is 13.0. The normalized spacial score (nSPS) is 11.9. The zero-order chi connectivity index (χ0) is 22.4. The molecular weight excluding hydrogens is 394 g/mol. The van der Waals surface area contributed by atoms with Crippen molar-refractivity contribution >= 4 is 34.4 Å². The lowest BCUT2D eigenvalue weighted by atomic mass is 10.0. The zero-order valence-corrected chi connectivity index (χ0v) is 17.9. The number of anilines is 1. The SMILES string of the molecule is COC(=O)[C@H](Cc1c[nH]c2ccccc12)NC(=O)c1ccccc1NC(=O)CC(C)C. The number of nitrogens with one attached hydrogen (secondary N) is 3. The summed E-state index contributed by atoms with van der Waals surface area (Å²) in [5, 5.41) is 6.53. The minimum atomic E-state index is -0.879. The third-order valence-corrected chi connectivity index (χ3v) is 4.93. The van der Waals surface area contributed by atoms with Crippen molar-refractivity contribution in [3.05, 3.63) is 65.9 Å². The fourth-order valence-electron chi connectivity index (χ4n) is 3.45. The molecule has 3 aromatic rings. The van der Waals surface area contributed by atoms with E-state index in [1.54, 1.807) is 24.3 Å². The Morgan fingerprint density at radius 2 is 1.74 bits per heavy atom. The quantitative estimate of drug-likeness (QED) is 0.483. The van der Waals surface area contributed by atoms with Crippen LogP contribution in [0.4, 0.5) is 5.69 Å². The van der Waals surface area contributed by atoms with Crippen molar-refractivity contribution in [3.8, 4) is 0 Å². The zero-order valence-electron chi connectivity index (χ0n) is 17.9. The third kappa shape index (κ3) is 5.51. The molecule has 1 aromatic heterocycles. The average Bonchev–Trinajstić information content (AvgIpc) is 3.15. The fraction of sp³-hybridized carbons (Fsp3) is 0.292. The number of esters is 1. The van der Waals surface area contributed by atoms with Crippen LogP contribution in [0.5, 0.6) is 0 Å². The molecule has 0 aliphatic carbocycles. The number of aromatic amines is 1. The van der Waals surface area contributed by atoms with Crippen molar-refractivity contribution in [1.29, 1.82) is 0 Å². The summed E-state index contributed by atoms with van der Waals surface area (Å²) in [6.07, 6.45) is 2.44. The Morgan fingerprint density at radius 3 is 2.48 bits per heavy atom. The molecular formula is C24H27N3O4. The summed E-state index contributed by atoms with van der Waals surface area (Å²) < 4.78 is 4.91. The summed E-state index contributed by atoms with van der Waals surface area (Å²) in [6, 6.07) is 13.6. The number of hydrogen-bond acceptors (Lipinski definition) is 4. The standard InChI is InChI=1S/C24H27N3O4/c1-15(2)12-22(28)26-20-11-7-5-9-18(20)23(29)27-21(24(30)31-3)13-16-14-25-19-10-6-4-8-17(16)19/h4-11,14-15,21,25H,12-13H2,1-3H3,(H,26,28)(H,27,29)/t21-/m0/s1. The molecule has 7 heteroatoms. The van der Waals surface area contributed by atoms with Crippen LogP contribution in [0.1, 0.15) is 36.2 Å². The number of fused-ring (bicyclic) bond motifs is 1. The Hall–Kier alpha value is -3.61. The van der Waals surface area contributed by atoms with Gasteiger partial charge in [0, 0.05) is 29.9 Å². The van der Waals surface area contributed by atoms with E-state index in [2.05, 4.69) is 15.6 Å². The van der Waals surface area contributed by atoms with Crippen LogP contribution in [0.3, 0.4) is 0 Å². The van der Waals surface area contributed by atoms with Gasteiger partial charge in [-0.1, -0.05) is 44.2 Å². The smallest absolute Gasteiger partial charge is 0.328 e. The predicted molar refractivity (Wildman–Crippen MR) is 120 cm³/mol. The molecule has 31 heavy (non-hydrogen) atoms. The van der Waals surface area contributed by atoms with Gasteiger partial charge in [0.15, 0.2) is 0 Å². The summed E-state index contributed by atoms with van der Waals surface area (Å²) in [5.74, 6) is -0.977. The highest BCUT2D eigenvalue weighted by Gasteiger charge is 2.25. The Bertz CT molecular complexity index is 1090. The van der Waals surface area contributed by atoms with Crippen molar-refractivity contribution in [1.82, 2.24) is 10.3 Å². The van der Waals surface area contributed by atoms with Crippen molar-refractivity contribution in [2.45, 2.75) is 32.7 Å². The Balaban J connectivity index is 1.80. The highest BCUT2D eigenvalue weighted by Crippen LogP contribution is 2.20. The van der Waals surface area contributed by atoms with E-state index in [-0.39, 0.29) is 23.8 Å². The number of amides is 2. The number of rotatable bonds is 8. The Kier molecular flexibility index (Phi) is 7.07. The van der Waals surface area contributed by atoms with Crippen LogP contribution in [-0.4, -0.2) is 35.9 Å². The number of hydrogen-bond donors (Lipinski definition) is 3. The van der Waals surface area contributed by atoms with E-state index in [9.17, 15) is 14.4 Å². The molecule has 0 spiro atoms. The monoisotopic (exact) mass is 421 g/mol. The van der Waals surface area contributed by atoms with Crippen LogP contribution in [-0.2, 0) is 20.7 Å². The second kappa shape index (κ2) is 9.93. The number of methoxy groups -OCH3 is 1. The second-order valence-corrected chi connectivity index (χ2v) is 7.80. The lowest BCUT2D eigenvalue weighted by Gasteiger charge is -2.18. The second-order valence-electron chi connectivity index (χ2n) is 7.80. The molecule has 0 bridgehead atoms. The molecule has 1 heterocycles. The number of benzene rings is 2. The summed E-state index contributed by atoms with van der Waals surface area (Å²) in [6.45, 7) is 3.90. The van der Waals surface area contributed by atoms with Crippen molar-refractivity contribution in [2.75, 3.05) is 12.4 Å². The first kappa shape index (κ1) is 22.1. The summed E-state index contributed by atoms with van der Waals surface area (Å²) in [5.41, 5.74) is 2.53. The Labute approximate surface area is 181 Å². The first-order valence-electron chi connectivity index (χ1n) is 10.2. The minimum absolute atomic E-state index is 0.168. The molecule has 2 amide bonds. The summed E-state index contributed by atoms with van der Waals surface area (Å²) in [7, 11) is 1.29. The molecule has 162 valence electrons. The van der Waals surface area contributed by atoms with Crippen LogP contribution in [0.2, 0.25) is 0 Å². The molecule has 0 unspecified atom stereocenters. The van der Waals surface area contributed by atoms with Gasteiger partial charge >= 0.3 is 5.97 Å². The first-order chi connectivity index (χ1) is 14.9. The molecule has 0 aliphatic heterocycles. The highest BCUT2D eigenvalue weighted by molar-refractivity contribution is 6.05. The van der Waals surface area contributed by atoms with E-state index in [1.165, 1.54) is 7.11 Å². The lowest BCUT2D eigenvalue weighted by molar-refractivity contribution is -0.142. The maximum atomic E-state index is 13.0. The molecule has 0 fully saturated rings. The molecule has 0 aliphatic rings. The molecule has 0 saturated heterocycles. The van der Waals surface area contributed by atoms with Crippen molar-refractivity contribution in [2.24, 2.45) is 5.92 Å². The van der Waals surface area contributed by atoms with Gasteiger partial charge in [-0.15, -0.1) is 0 Å². The number of carbonyl (C=O) groups is 3. The van der Waals surface area contributed by atoms with E-state index >= 15 is 0 Å². The van der Waals surface area contributed by atoms with Gasteiger partial charge < -0.3 is 20.4 Å². The van der Waals surface area contributed by atoms with Crippen molar-refractivity contribution < 1.29 is 19.1 Å². The van der Waals surface area contributed by atoms with Gasteiger partial charge in [-0.25, -0.2) is 4.79 Å². The van der Waals surface area contributed by atoms with Gasteiger partial charge in [0.2, 0.25) is 5.91 Å². The molecule has 0 radical (unpaired) electrons. The van der Waals surface area contributed by atoms with Gasteiger partial charge in [0.1, 0.15) is 6.04 Å². The van der Waals surface area contributed by atoms with Crippen LogP contribution in [0.15, 0.2) is 54.7 Å². The topological polar surface area (TPSA) is 100 Å². The molecule has 7 nitrogen and oxygen atoms in total. The maximum Gasteiger partial charge on any atom is 0.328 e. The molecule has 0 saturated carbocycles. The highest BCUT2D eigenvalue weighted by atomic mass is 16.5. The van der Waals surface area contributed by atoms with E-state index in [0.29, 0.717) is 12.1 Å². The summed E-state index contributed by atoms with van der Waals surface area (Å²) >= 11 is 0. The Morgan fingerprint density at radius 1 is 1.03 bits per heavy atom.